The van der Waals surface area contributed by atoms with Crippen LogP contribution in [0.25, 0.3) is 0 Å². The number of carbonyl (C=O) groups is 2. The van der Waals surface area contributed by atoms with Crippen molar-refractivity contribution in [3.05, 3.63) is 0 Å². The van der Waals surface area contributed by atoms with Crippen molar-refractivity contribution in [3.8, 4) is 0 Å². The van der Waals surface area contributed by atoms with Crippen LogP contribution in [0.3, 0.4) is 0 Å². The molecule has 2 saturated heterocycles. The zero-order valence-corrected chi connectivity index (χ0v) is 14.3. The van der Waals surface area contributed by atoms with Gasteiger partial charge >= 0.3 is 0 Å². The Bertz CT molecular complexity index is 422. The Morgan fingerprint density at radius 2 is 1.91 bits per heavy atom. The maximum absolute atomic E-state index is 12.8. The number of nitrogens with two attached hydrogens (primary N) is 1. The lowest BCUT2D eigenvalue weighted by molar-refractivity contribution is -0.143. The van der Waals surface area contributed by atoms with Crippen LogP contribution in [0.1, 0.15) is 52.9 Å². The lowest BCUT2D eigenvalue weighted by Crippen LogP contribution is -2.56. The van der Waals surface area contributed by atoms with E-state index in [0.717, 1.165) is 45.3 Å². The molecule has 5 heteroatoms. The van der Waals surface area contributed by atoms with Gasteiger partial charge in [-0.15, -0.1) is 0 Å². The van der Waals surface area contributed by atoms with Crippen LogP contribution in [0.4, 0.5) is 0 Å². The van der Waals surface area contributed by atoms with Crippen LogP contribution in [0.15, 0.2) is 0 Å². The van der Waals surface area contributed by atoms with E-state index >= 15 is 0 Å². The van der Waals surface area contributed by atoms with Gasteiger partial charge in [0, 0.05) is 38.6 Å². The molecular formula is C17H31N3O2. The number of carbonyl (C=O) groups excluding carboxylic acids is 2. The Morgan fingerprint density at radius 1 is 1.18 bits per heavy atom. The molecule has 2 fully saturated rings. The number of hydrogen-bond acceptors (Lipinski definition) is 3. The molecule has 5 nitrogen and oxygen atoms in total. The van der Waals surface area contributed by atoms with Crippen molar-refractivity contribution >= 4 is 11.8 Å². The molecule has 0 bridgehead atoms. The highest BCUT2D eigenvalue weighted by Gasteiger charge is 2.38. The highest BCUT2D eigenvalue weighted by molar-refractivity contribution is 5.81. The quantitative estimate of drug-likeness (QED) is 0.861. The third-order valence-corrected chi connectivity index (χ3v) is 5.21. The van der Waals surface area contributed by atoms with Crippen LogP contribution < -0.4 is 5.73 Å². The van der Waals surface area contributed by atoms with Gasteiger partial charge in [-0.2, -0.15) is 0 Å². The first-order valence-corrected chi connectivity index (χ1v) is 8.67. The van der Waals surface area contributed by atoms with Crippen LogP contribution in [-0.4, -0.2) is 53.8 Å². The molecule has 2 rings (SSSR count). The Morgan fingerprint density at radius 3 is 2.55 bits per heavy atom. The third kappa shape index (κ3) is 3.80. The maximum Gasteiger partial charge on any atom is 0.227 e. The zero-order chi connectivity index (χ0) is 16.3. The van der Waals surface area contributed by atoms with Gasteiger partial charge in [-0.1, -0.05) is 20.8 Å². The summed E-state index contributed by atoms with van der Waals surface area (Å²) in [7, 11) is 0. The molecule has 22 heavy (non-hydrogen) atoms. The Labute approximate surface area is 134 Å². The summed E-state index contributed by atoms with van der Waals surface area (Å²) in [5.74, 6) is 0.384. The molecule has 0 saturated carbocycles. The van der Waals surface area contributed by atoms with Crippen molar-refractivity contribution in [3.63, 3.8) is 0 Å². The summed E-state index contributed by atoms with van der Waals surface area (Å²) in [4.78, 5) is 28.8. The molecule has 0 radical (unpaired) electrons. The highest BCUT2D eigenvalue weighted by Crippen LogP contribution is 2.30. The first kappa shape index (κ1) is 17.3. The largest absolute Gasteiger partial charge is 0.342 e. The number of amides is 2. The van der Waals surface area contributed by atoms with Crippen molar-refractivity contribution in [2.24, 2.45) is 17.1 Å². The van der Waals surface area contributed by atoms with Crippen LogP contribution in [0, 0.1) is 11.3 Å². The SMILES string of the molecule is CCCC(=O)N1CCCC(C(=O)N2CCC(N)C(C)(C)C2)C1. The van der Waals surface area contributed by atoms with Gasteiger partial charge in [-0.05, 0) is 31.1 Å². The summed E-state index contributed by atoms with van der Waals surface area (Å²) < 4.78 is 0. The average Bonchev–Trinajstić information content (AvgIpc) is 2.49. The second-order valence-electron chi connectivity index (χ2n) is 7.57. The molecule has 0 spiro atoms. The minimum atomic E-state index is -0.0281. The number of rotatable bonds is 3. The predicted octanol–water partition coefficient (Wildman–Crippen LogP) is 1.61. The molecule has 2 unspecified atom stereocenters. The summed E-state index contributed by atoms with van der Waals surface area (Å²) in [6.45, 7) is 9.17. The van der Waals surface area contributed by atoms with Crippen LogP contribution in [-0.2, 0) is 9.59 Å². The van der Waals surface area contributed by atoms with Crippen molar-refractivity contribution in [2.75, 3.05) is 26.2 Å². The Kier molecular flexibility index (Phi) is 5.48. The first-order valence-electron chi connectivity index (χ1n) is 8.67. The maximum atomic E-state index is 12.8. The fourth-order valence-electron chi connectivity index (χ4n) is 3.60. The van der Waals surface area contributed by atoms with Crippen LogP contribution >= 0.6 is 0 Å². The van der Waals surface area contributed by atoms with Gasteiger partial charge in [-0.25, -0.2) is 0 Å². The molecule has 0 aromatic carbocycles. The van der Waals surface area contributed by atoms with Gasteiger partial charge in [0.05, 0.1) is 5.92 Å². The summed E-state index contributed by atoms with van der Waals surface area (Å²) >= 11 is 0. The van der Waals surface area contributed by atoms with Crippen molar-refractivity contribution < 1.29 is 9.59 Å². The fourth-order valence-corrected chi connectivity index (χ4v) is 3.60. The third-order valence-electron chi connectivity index (χ3n) is 5.21. The number of nitrogens with zero attached hydrogens (tertiary/aromatic N) is 2. The van der Waals surface area contributed by atoms with E-state index in [2.05, 4.69) is 13.8 Å². The van der Waals surface area contributed by atoms with Crippen molar-refractivity contribution in [1.82, 2.24) is 9.80 Å². The minimum Gasteiger partial charge on any atom is -0.342 e. The molecule has 0 aromatic heterocycles. The van der Waals surface area contributed by atoms with E-state index in [9.17, 15) is 9.59 Å². The summed E-state index contributed by atoms with van der Waals surface area (Å²) in [5.41, 5.74) is 6.13. The molecule has 2 atom stereocenters. The standard InChI is InChI=1S/C17H31N3O2/c1-4-6-15(21)19-9-5-7-13(11-19)16(22)20-10-8-14(18)17(2,3)12-20/h13-14H,4-12,18H2,1-3H3. The van der Waals surface area contributed by atoms with E-state index in [1.165, 1.54) is 0 Å². The fraction of sp³-hybridized carbons (Fsp3) is 0.882. The lowest BCUT2D eigenvalue weighted by atomic mass is 9.79. The smallest absolute Gasteiger partial charge is 0.227 e. The summed E-state index contributed by atoms with van der Waals surface area (Å²) in [5, 5.41) is 0. The predicted molar refractivity (Wildman–Crippen MR) is 87.2 cm³/mol. The van der Waals surface area contributed by atoms with Gasteiger partial charge in [0.25, 0.3) is 0 Å². The topological polar surface area (TPSA) is 66.6 Å². The Hall–Kier alpha value is -1.10. The van der Waals surface area contributed by atoms with E-state index in [-0.39, 0.29) is 29.2 Å². The van der Waals surface area contributed by atoms with Crippen molar-refractivity contribution in [1.29, 1.82) is 0 Å². The van der Waals surface area contributed by atoms with E-state index in [0.29, 0.717) is 13.0 Å². The van der Waals surface area contributed by atoms with Gasteiger partial charge in [0.15, 0.2) is 0 Å². The molecule has 2 amide bonds. The van der Waals surface area contributed by atoms with Crippen LogP contribution in [0.5, 0.6) is 0 Å². The monoisotopic (exact) mass is 309 g/mol. The molecule has 2 aliphatic rings. The molecule has 2 N–H and O–H groups in total. The minimum absolute atomic E-state index is 0.0275. The van der Waals surface area contributed by atoms with Crippen molar-refractivity contribution in [2.45, 2.75) is 58.9 Å². The molecular weight excluding hydrogens is 278 g/mol. The number of piperidine rings is 2. The molecule has 0 aromatic rings. The lowest BCUT2D eigenvalue weighted by Gasteiger charge is -2.44. The Balaban J connectivity index is 1.96. The van der Waals surface area contributed by atoms with Gasteiger partial charge < -0.3 is 15.5 Å². The van der Waals surface area contributed by atoms with Gasteiger partial charge in [0.1, 0.15) is 0 Å². The van der Waals surface area contributed by atoms with E-state index < -0.39 is 0 Å². The first-order chi connectivity index (χ1) is 10.3. The summed E-state index contributed by atoms with van der Waals surface area (Å²) in [6.07, 6.45) is 4.16. The highest BCUT2D eigenvalue weighted by atomic mass is 16.2. The molecule has 0 aliphatic carbocycles. The van der Waals surface area contributed by atoms with Gasteiger partial charge in [-0.3, -0.25) is 9.59 Å². The summed E-state index contributed by atoms with van der Waals surface area (Å²) in [6, 6.07) is 0.158. The normalized spacial score (nSPS) is 28.5. The van der Waals surface area contributed by atoms with Crippen LogP contribution in [0.2, 0.25) is 0 Å². The number of hydrogen-bond donors (Lipinski definition) is 1. The second kappa shape index (κ2) is 6.99. The number of likely N-dealkylation sites (tertiary alicyclic amines) is 2. The van der Waals surface area contributed by atoms with E-state index in [1.54, 1.807) is 0 Å². The van der Waals surface area contributed by atoms with Gasteiger partial charge in [0.2, 0.25) is 11.8 Å². The average molecular weight is 309 g/mol. The molecule has 2 aliphatic heterocycles. The van der Waals surface area contributed by atoms with E-state index in [4.69, 9.17) is 5.73 Å². The zero-order valence-electron chi connectivity index (χ0n) is 14.3. The second-order valence-corrected chi connectivity index (χ2v) is 7.57. The van der Waals surface area contributed by atoms with E-state index in [1.807, 2.05) is 16.7 Å². The molecule has 2 heterocycles. The molecule has 126 valence electrons.